The molecule has 0 bridgehead atoms. The zero-order valence-corrected chi connectivity index (χ0v) is 12.3. The third-order valence-electron chi connectivity index (χ3n) is 2.92. The van der Waals surface area contributed by atoms with E-state index in [1.807, 2.05) is 0 Å². The smallest absolute Gasteiger partial charge is 0.224 e. The highest BCUT2D eigenvalue weighted by atomic mass is 79.9. The second-order valence-corrected chi connectivity index (χ2v) is 5.61. The predicted molar refractivity (Wildman–Crippen MR) is 76.0 cm³/mol. The van der Waals surface area contributed by atoms with Crippen LogP contribution in [0.5, 0.6) is 0 Å². The molecule has 0 saturated carbocycles. The van der Waals surface area contributed by atoms with Crippen LogP contribution in [0.25, 0.3) is 0 Å². The summed E-state index contributed by atoms with van der Waals surface area (Å²) in [5.74, 6) is 0.0136. The molecule has 1 aliphatic rings. The normalized spacial score (nSPS) is 18.9. The van der Waals surface area contributed by atoms with Gasteiger partial charge in [-0.1, -0.05) is 11.6 Å². The molecule has 1 amide bonds. The third kappa shape index (κ3) is 3.97. The highest BCUT2D eigenvalue weighted by Gasteiger charge is 2.16. The Bertz CT molecular complexity index is 433. The van der Waals surface area contributed by atoms with E-state index in [4.69, 9.17) is 16.3 Å². The van der Waals surface area contributed by atoms with E-state index in [1.165, 1.54) is 0 Å². The maximum atomic E-state index is 11.8. The topological polar surface area (TPSA) is 38.3 Å². The number of carbonyl (C=O) groups is 1. The molecule has 0 aromatic heterocycles. The van der Waals surface area contributed by atoms with E-state index >= 15 is 0 Å². The summed E-state index contributed by atoms with van der Waals surface area (Å²) in [7, 11) is 0. The van der Waals surface area contributed by atoms with E-state index in [1.54, 1.807) is 18.2 Å². The molecule has 1 fully saturated rings. The molecule has 1 aromatic rings. The van der Waals surface area contributed by atoms with Gasteiger partial charge < -0.3 is 10.1 Å². The largest absolute Gasteiger partial charge is 0.378 e. The zero-order chi connectivity index (χ0) is 13.0. The van der Waals surface area contributed by atoms with Gasteiger partial charge in [-0.05, 0) is 53.4 Å². The van der Waals surface area contributed by atoms with Gasteiger partial charge in [0.05, 0.1) is 11.1 Å². The Balaban J connectivity index is 1.80. The Morgan fingerprint density at radius 2 is 2.39 bits per heavy atom. The van der Waals surface area contributed by atoms with Crippen molar-refractivity contribution < 1.29 is 9.53 Å². The highest BCUT2D eigenvalue weighted by Crippen LogP contribution is 2.25. The second-order valence-electron chi connectivity index (χ2n) is 4.35. The first-order chi connectivity index (χ1) is 8.65. The van der Waals surface area contributed by atoms with Crippen molar-refractivity contribution >= 4 is 39.1 Å². The number of rotatable bonds is 4. The van der Waals surface area contributed by atoms with Crippen LogP contribution < -0.4 is 5.32 Å². The molecule has 2 rings (SSSR count). The van der Waals surface area contributed by atoms with Crippen LogP contribution in [0.2, 0.25) is 5.02 Å². The van der Waals surface area contributed by atoms with Crippen molar-refractivity contribution in [1.82, 2.24) is 0 Å². The van der Waals surface area contributed by atoms with E-state index in [9.17, 15) is 4.79 Å². The summed E-state index contributed by atoms with van der Waals surface area (Å²) >= 11 is 9.21. The minimum Gasteiger partial charge on any atom is -0.378 e. The lowest BCUT2D eigenvalue weighted by molar-refractivity contribution is -0.116. The van der Waals surface area contributed by atoms with Gasteiger partial charge in [0.25, 0.3) is 0 Å². The van der Waals surface area contributed by atoms with Gasteiger partial charge in [-0.2, -0.15) is 0 Å². The van der Waals surface area contributed by atoms with Gasteiger partial charge in [-0.25, -0.2) is 0 Å². The molecular weight excluding hydrogens is 318 g/mol. The van der Waals surface area contributed by atoms with Crippen molar-refractivity contribution in [2.45, 2.75) is 31.8 Å². The molecule has 3 nitrogen and oxygen atoms in total. The van der Waals surface area contributed by atoms with Crippen LogP contribution >= 0.6 is 27.5 Å². The Hall–Kier alpha value is -0.580. The minimum atomic E-state index is 0.0136. The van der Waals surface area contributed by atoms with Crippen molar-refractivity contribution in [2.75, 3.05) is 11.9 Å². The van der Waals surface area contributed by atoms with Gasteiger partial charge in [0.15, 0.2) is 0 Å². The molecule has 18 heavy (non-hydrogen) atoms. The summed E-state index contributed by atoms with van der Waals surface area (Å²) < 4.78 is 6.26. The van der Waals surface area contributed by atoms with Crippen molar-refractivity contribution in [3.8, 4) is 0 Å². The Labute approximate surface area is 120 Å². The number of hydrogen-bond donors (Lipinski definition) is 1. The summed E-state index contributed by atoms with van der Waals surface area (Å²) in [5.41, 5.74) is 0.753. The summed E-state index contributed by atoms with van der Waals surface area (Å²) in [6, 6.07) is 5.34. The molecule has 98 valence electrons. The van der Waals surface area contributed by atoms with E-state index in [-0.39, 0.29) is 12.0 Å². The Kier molecular flexibility index (Phi) is 5.03. The zero-order valence-electron chi connectivity index (χ0n) is 9.92. The van der Waals surface area contributed by atoms with Gasteiger partial charge in [0, 0.05) is 23.2 Å². The summed E-state index contributed by atoms with van der Waals surface area (Å²) in [5, 5.41) is 3.48. The number of nitrogens with one attached hydrogen (secondary N) is 1. The molecule has 1 atom stereocenters. The first kappa shape index (κ1) is 13.8. The first-order valence-corrected chi connectivity index (χ1v) is 7.19. The van der Waals surface area contributed by atoms with E-state index in [0.29, 0.717) is 11.4 Å². The minimum absolute atomic E-state index is 0.0136. The van der Waals surface area contributed by atoms with Gasteiger partial charge in [0.1, 0.15) is 0 Å². The molecule has 1 aromatic carbocycles. The summed E-state index contributed by atoms with van der Waals surface area (Å²) in [4.78, 5) is 11.8. The highest BCUT2D eigenvalue weighted by molar-refractivity contribution is 9.10. The molecule has 1 heterocycles. The fraction of sp³-hybridized carbons (Fsp3) is 0.462. The van der Waals surface area contributed by atoms with Gasteiger partial charge in [-0.15, -0.1) is 0 Å². The van der Waals surface area contributed by atoms with Crippen LogP contribution in [0.15, 0.2) is 22.7 Å². The van der Waals surface area contributed by atoms with E-state index in [2.05, 4.69) is 21.2 Å². The van der Waals surface area contributed by atoms with Gasteiger partial charge >= 0.3 is 0 Å². The first-order valence-electron chi connectivity index (χ1n) is 6.01. The van der Waals surface area contributed by atoms with Crippen molar-refractivity contribution in [1.29, 1.82) is 0 Å². The van der Waals surface area contributed by atoms with Crippen LogP contribution in [0.3, 0.4) is 0 Å². The molecule has 1 aliphatic heterocycles. The Morgan fingerprint density at radius 1 is 1.56 bits per heavy atom. The molecule has 1 N–H and O–H groups in total. The fourth-order valence-electron chi connectivity index (χ4n) is 1.96. The molecule has 1 saturated heterocycles. The Morgan fingerprint density at radius 3 is 3.06 bits per heavy atom. The van der Waals surface area contributed by atoms with Crippen molar-refractivity contribution in [3.63, 3.8) is 0 Å². The molecule has 0 spiro atoms. The third-order valence-corrected chi connectivity index (χ3v) is 4.13. The average Bonchev–Trinajstić information content (AvgIpc) is 2.84. The monoisotopic (exact) mass is 331 g/mol. The van der Waals surface area contributed by atoms with Gasteiger partial charge in [0.2, 0.25) is 5.91 Å². The van der Waals surface area contributed by atoms with Crippen LogP contribution in [0.1, 0.15) is 25.7 Å². The second kappa shape index (κ2) is 6.55. The maximum absolute atomic E-state index is 11.8. The fourth-order valence-corrected chi connectivity index (χ4v) is 2.46. The molecule has 5 heteroatoms. The number of amides is 1. The number of halogens is 2. The lowest BCUT2D eigenvalue weighted by Gasteiger charge is -2.09. The van der Waals surface area contributed by atoms with E-state index in [0.717, 1.165) is 36.0 Å². The lowest BCUT2D eigenvalue weighted by atomic mass is 10.1. The van der Waals surface area contributed by atoms with Crippen LogP contribution in [-0.2, 0) is 9.53 Å². The summed E-state index contributed by atoms with van der Waals surface area (Å²) in [6.07, 6.45) is 3.72. The quantitative estimate of drug-likeness (QED) is 0.905. The SMILES string of the molecule is O=C(CCC1CCCO1)Nc1ccc(Cl)c(Br)c1. The average molecular weight is 333 g/mol. The molecule has 1 unspecified atom stereocenters. The lowest BCUT2D eigenvalue weighted by Crippen LogP contribution is -2.15. The number of hydrogen-bond acceptors (Lipinski definition) is 2. The number of ether oxygens (including phenoxy) is 1. The van der Waals surface area contributed by atoms with Crippen molar-refractivity contribution in [2.24, 2.45) is 0 Å². The van der Waals surface area contributed by atoms with Crippen LogP contribution in [-0.4, -0.2) is 18.6 Å². The molecule has 0 radical (unpaired) electrons. The predicted octanol–water partition coefficient (Wildman–Crippen LogP) is 4.00. The summed E-state index contributed by atoms with van der Waals surface area (Å²) in [6.45, 7) is 0.830. The standard InChI is InChI=1S/C13H15BrClNO2/c14-11-8-9(3-5-12(11)15)16-13(17)6-4-10-2-1-7-18-10/h3,5,8,10H,1-2,4,6-7H2,(H,16,17). The maximum Gasteiger partial charge on any atom is 0.224 e. The number of carbonyl (C=O) groups excluding carboxylic acids is 1. The van der Waals surface area contributed by atoms with Crippen molar-refractivity contribution in [3.05, 3.63) is 27.7 Å². The van der Waals surface area contributed by atoms with Gasteiger partial charge in [-0.3, -0.25) is 4.79 Å². The van der Waals surface area contributed by atoms with E-state index < -0.39 is 0 Å². The molecule has 0 aliphatic carbocycles. The van der Waals surface area contributed by atoms with Crippen LogP contribution in [0, 0.1) is 0 Å². The number of benzene rings is 1. The van der Waals surface area contributed by atoms with Crippen LogP contribution in [0.4, 0.5) is 5.69 Å². The number of anilines is 1. The molecular formula is C13H15BrClNO2.